The third-order valence-corrected chi connectivity index (χ3v) is 2.16. The van der Waals surface area contributed by atoms with Crippen molar-refractivity contribution in [3.05, 3.63) is 4.91 Å². The van der Waals surface area contributed by atoms with Crippen molar-refractivity contribution in [3.8, 4) is 0 Å². The second kappa shape index (κ2) is 6.97. The van der Waals surface area contributed by atoms with Crippen LogP contribution < -0.4 is 5.32 Å². The van der Waals surface area contributed by atoms with Crippen molar-refractivity contribution in [2.45, 2.75) is 13.3 Å². The fourth-order valence-corrected chi connectivity index (χ4v) is 1.23. The molecule has 0 aromatic rings. The molecule has 0 saturated heterocycles. The van der Waals surface area contributed by atoms with Gasteiger partial charge >= 0.3 is 0 Å². The van der Waals surface area contributed by atoms with Gasteiger partial charge in [0.05, 0.1) is 20.6 Å². The minimum atomic E-state index is 0.425. The van der Waals surface area contributed by atoms with Crippen LogP contribution in [0.3, 0.4) is 0 Å². The first-order valence-electron chi connectivity index (χ1n) is 4.94. The molecule has 0 aliphatic carbocycles. The molecule has 0 aromatic carbocycles. The Labute approximate surface area is 80.9 Å². The Hall–Kier alpha value is -0.480. The Morgan fingerprint density at radius 3 is 2.54 bits per heavy atom. The maximum absolute atomic E-state index is 9.96. The molecule has 78 valence electrons. The molecule has 4 heteroatoms. The van der Waals surface area contributed by atoms with E-state index in [1.807, 2.05) is 0 Å². The summed E-state index contributed by atoms with van der Waals surface area (Å²) in [5.74, 6) is 0. The van der Waals surface area contributed by atoms with E-state index in [0.29, 0.717) is 6.54 Å². The van der Waals surface area contributed by atoms with Gasteiger partial charge in [-0.25, -0.2) is 0 Å². The van der Waals surface area contributed by atoms with Gasteiger partial charge in [0.15, 0.2) is 0 Å². The molecule has 0 bridgehead atoms. The standard InChI is InChI=1S/C9H22N3O/c1-4-10-6-5-8-12(2,3)9-7-11-13/h10H,4-9H2,1-3H3/q+1. The predicted molar refractivity (Wildman–Crippen MR) is 55.7 cm³/mol. The van der Waals surface area contributed by atoms with E-state index in [2.05, 4.69) is 31.5 Å². The molecular formula is C9H22N3O+. The molecule has 0 fully saturated rings. The lowest BCUT2D eigenvalue weighted by atomic mass is 10.3. The molecule has 0 aliphatic heterocycles. The number of nitrogens with one attached hydrogen (secondary N) is 1. The lowest BCUT2D eigenvalue weighted by molar-refractivity contribution is -0.888. The van der Waals surface area contributed by atoms with Crippen LogP contribution in [0.4, 0.5) is 0 Å². The summed E-state index contributed by atoms with van der Waals surface area (Å²) in [4.78, 5) is 9.96. The molecule has 0 unspecified atom stereocenters. The molecule has 0 heterocycles. The number of rotatable bonds is 8. The highest BCUT2D eigenvalue weighted by molar-refractivity contribution is 4.45. The smallest absolute Gasteiger partial charge is 0.130 e. The molecule has 0 radical (unpaired) electrons. The van der Waals surface area contributed by atoms with Crippen molar-refractivity contribution in [1.82, 2.24) is 5.32 Å². The second-order valence-electron chi connectivity index (χ2n) is 3.94. The third-order valence-electron chi connectivity index (χ3n) is 2.16. The maximum Gasteiger partial charge on any atom is 0.130 e. The van der Waals surface area contributed by atoms with E-state index in [1.54, 1.807) is 0 Å². The minimum absolute atomic E-state index is 0.425. The Kier molecular flexibility index (Phi) is 6.72. The van der Waals surface area contributed by atoms with Gasteiger partial charge in [0.2, 0.25) is 0 Å². The minimum Gasteiger partial charge on any atom is -0.327 e. The van der Waals surface area contributed by atoms with Crippen LogP contribution in [0.2, 0.25) is 0 Å². The summed E-state index contributed by atoms with van der Waals surface area (Å²) in [7, 11) is 4.27. The van der Waals surface area contributed by atoms with Crippen molar-refractivity contribution in [1.29, 1.82) is 0 Å². The lowest BCUT2D eigenvalue weighted by Gasteiger charge is -2.28. The van der Waals surface area contributed by atoms with Crippen LogP contribution in [0.1, 0.15) is 13.3 Å². The fraction of sp³-hybridized carbons (Fsp3) is 1.00. The number of hydrogen-bond donors (Lipinski definition) is 1. The highest BCUT2D eigenvalue weighted by Gasteiger charge is 2.13. The van der Waals surface area contributed by atoms with Crippen molar-refractivity contribution in [3.63, 3.8) is 0 Å². The zero-order chi connectivity index (χ0) is 10.2. The summed E-state index contributed by atoms with van der Waals surface area (Å²) < 4.78 is 0.886. The summed E-state index contributed by atoms with van der Waals surface area (Å²) in [5, 5.41) is 6.17. The zero-order valence-corrected chi connectivity index (χ0v) is 9.05. The molecule has 0 spiro atoms. The normalized spacial score (nSPS) is 11.6. The SMILES string of the molecule is CCNCCC[N+](C)(C)CCN=O. The first-order chi connectivity index (χ1) is 6.12. The summed E-state index contributed by atoms with van der Waals surface area (Å²) in [6.45, 7) is 6.57. The van der Waals surface area contributed by atoms with Crippen molar-refractivity contribution >= 4 is 0 Å². The topological polar surface area (TPSA) is 41.5 Å². The van der Waals surface area contributed by atoms with Crippen LogP contribution in [0.25, 0.3) is 0 Å². The molecule has 13 heavy (non-hydrogen) atoms. The predicted octanol–water partition coefficient (Wildman–Crippen LogP) is 0.829. The molecule has 0 saturated carbocycles. The van der Waals surface area contributed by atoms with E-state index in [1.165, 1.54) is 0 Å². The number of quaternary nitrogens is 1. The van der Waals surface area contributed by atoms with Gasteiger partial charge in [0.1, 0.15) is 13.1 Å². The maximum atomic E-state index is 9.96. The fourth-order valence-electron chi connectivity index (χ4n) is 1.23. The molecule has 0 aromatic heterocycles. The van der Waals surface area contributed by atoms with Gasteiger partial charge in [-0.3, -0.25) is 0 Å². The van der Waals surface area contributed by atoms with Gasteiger partial charge in [-0.15, -0.1) is 0 Å². The van der Waals surface area contributed by atoms with E-state index in [9.17, 15) is 4.91 Å². The van der Waals surface area contributed by atoms with Crippen LogP contribution in [0.5, 0.6) is 0 Å². The number of nitroso groups, excluding NO2 is 1. The zero-order valence-electron chi connectivity index (χ0n) is 9.05. The monoisotopic (exact) mass is 188 g/mol. The molecule has 0 atom stereocenters. The number of likely N-dealkylation sites (N-methyl/N-ethyl adjacent to an activating group) is 1. The average Bonchev–Trinajstić information content (AvgIpc) is 2.09. The Balaban J connectivity index is 3.44. The summed E-state index contributed by atoms with van der Waals surface area (Å²) in [6.07, 6.45) is 1.15. The highest BCUT2D eigenvalue weighted by Crippen LogP contribution is 1.98. The highest BCUT2D eigenvalue weighted by atomic mass is 16.3. The van der Waals surface area contributed by atoms with Gasteiger partial charge in [-0.1, -0.05) is 12.1 Å². The lowest BCUT2D eigenvalue weighted by Crippen LogP contribution is -2.43. The van der Waals surface area contributed by atoms with Crippen LogP contribution in [0, 0.1) is 4.91 Å². The number of nitrogens with zero attached hydrogens (tertiary/aromatic N) is 2. The Bertz CT molecular complexity index is 137. The van der Waals surface area contributed by atoms with Crippen molar-refractivity contribution in [2.24, 2.45) is 5.18 Å². The van der Waals surface area contributed by atoms with E-state index in [-0.39, 0.29) is 0 Å². The molecule has 4 nitrogen and oxygen atoms in total. The van der Waals surface area contributed by atoms with Gasteiger partial charge in [0, 0.05) is 13.0 Å². The largest absolute Gasteiger partial charge is 0.327 e. The van der Waals surface area contributed by atoms with Gasteiger partial charge < -0.3 is 9.80 Å². The van der Waals surface area contributed by atoms with Crippen LogP contribution in [-0.4, -0.2) is 51.3 Å². The first-order valence-corrected chi connectivity index (χ1v) is 4.94. The van der Waals surface area contributed by atoms with Crippen molar-refractivity contribution in [2.75, 3.05) is 46.8 Å². The quantitative estimate of drug-likeness (QED) is 0.348. The van der Waals surface area contributed by atoms with Crippen LogP contribution in [0.15, 0.2) is 5.18 Å². The van der Waals surface area contributed by atoms with Gasteiger partial charge in [0.25, 0.3) is 0 Å². The van der Waals surface area contributed by atoms with Gasteiger partial charge in [-0.05, 0) is 6.54 Å². The van der Waals surface area contributed by atoms with Crippen LogP contribution in [-0.2, 0) is 0 Å². The Morgan fingerprint density at radius 2 is 2.00 bits per heavy atom. The second-order valence-corrected chi connectivity index (χ2v) is 3.94. The molecule has 0 amide bonds. The molecule has 1 N–H and O–H groups in total. The van der Waals surface area contributed by atoms with Crippen LogP contribution >= 0.6 is 0 Å². The van der Waals surface area contributed by atoms with E-state index in [0.717, 1.165) is 37.1 Å². The average molecular weight is 188 g/mol. The molecular weight excluding hydrogens is 166 g/mol. The summed E-state index contributed by atoms with van der Waals surface area (Å²) in [6, 6.07) is 0. The third kappa shape index (κ3) is 7.87. The van der Waals surface area contributed by atoms with E-state index < -0.39 is 0 Å². The first kappa shape index (κ1) is 12.5. The Morgan fingerprint density at radius 1 is 1.31 bits per heavy atom. The summed E-state index contributed by atoms with van der Waals surface area (Å²) in [5.41, 5.74) is 0. The molecule has 0 aliphatic rings. The van der Waals surface area contributed by atoms with Crippen molar-refractivity contribution < 1.29 is 4.48 Å². The summed E-state index contributed by atoms with van der Waals surface area (Å²) >= 11 is 0. The molecule has 0 rings (SSSR count). The van der Waals surface area contributed by atoms with Gasteiger partial charge in [-0.2, -0.15) is 4.91 Å². The van der Waals surface area contributed by atoms with E-state index >= 15 is 0 Å². The van der Waals surface area contributed by atoms with E-state index in [4.69, 9.17) is 0 Å². The number of hydrogen-bond acceptors (Lipinski definition) is 3.